The summed E-state index contributed by atoms with van der Waals surface area (Å²) >= 11 is 0. The number of nitrogens with zero attached hydrogens (tertiary/aromatic N) is 3. The van der Waals surface area contributed by atoms with Crippen LogP contribution in [0.1, 0.15) is 43.2 Å². The number of para-hydroxylation sites is 1. The van der Waals surface area contributed by atoms with Gasteiger partial charge in [0.15, 0.2) is 0 Å². The van der Waals surface area contributed by atoms with Gasteiger partial charge in [0.05, 0.1) is 19.3 Å². The average Bonchev–Trinajstić information content (AvgIpc) is 3.26. The van der Waals surface area contributed by atoms with Crippen LogP contribution in [0.5, 0.6) is 5.75 Å². The van der Waals surface area contributed by atoms with E-state index in [4.69, 9.17) is 9.84 Å². The monoisotopic (exact) mass is 460 g/mol. The predicted octanol–water partition coefficient (Wildman–Crippen LogP) is 4.14. The molecule has 2 aromatic carbocycles. The van der Waals surface area contributed by atoms with E-state index in [2.05, 4.69) is 19.2 Å². The highest BCUT2D eigenvalue weighted by atomic mass is 16.5. The largest absolute Gasteiger partial charge is 0.496 e. The standard InChI is InChI=1S/C27H32N4O3/c1-19(2)14-15-30-25(32)23-16-22(20-10-6-5-7-11-20)29-31(23)18-27(30,3)26(33)28-17-21-12-8-9-13-24(21)34-4/h5-13,16,19H,14-15,17-18H2,1-4H3,(H,28,33)/t27-/m0/s1. The Labute approximate surface area is 200 Å². The predicted molar refractivity (Wildman–Crippen MR) is 131 cm³/mol. The minimum atomic E-state index is -1.07. The van der Waals surface area contributed by atoms with Gasteiger partial charge in [-0.25, -0.2) is 0 Å². The quantitative estimate of drug-likeness (QED) is 0.548. The number of hydrogen-bond donors (Lipinski definition) is 1. The molecular weight excluding hydrogens is 428 g/mol. The van der Waals surface area contributed by atoms with Gasteiger partial charge in [0.2, 0.25) is 5.91 Å². The number of amides is 2. The highest BCUT2D eigenvalue weighted by Crippen LogP contribution is 2.31. The Bertz CT molecular complexity index is 1170. The maximum Gasteiger partial charge on any atom is 0.273 e. The summed E-state index contributed by atoms with van der Waals surface area (Å²) in [4.78, 5) is 28.9. The summed E-state index contributed by atoms with van der Waals surface area (Å²) in [6, 6.07) is 19.2. The summed E-state index contributed by atoms with van der Waals surface area (Å²) in [7, 11) is 1.61. The molecule has 1 atom stereocenters. The molecule has 0 radical (unpaired) electrons. The number of benzene rings is 2. The lowest BCUT2D eigenvalue weighted by Gasteiger charge is -2.43. The average molecular weight is 461 g/mol. The first kappa shape index (κ1) is 23.5. The molecule has 1 N–H and O–H groups in total. The van der Waals surface area contributed by atoms with Gasteiger partial charge in [-0.1, -0.05) is 62.4 Å². The highest BCUT2D eigenvalue weighted by Gasteiger charge is 2.47. The number of carbonyl (C=O) groups excluding carboxylic acids is 2. The normalized spacial score (nSPS) is 17.6. The molecule has 178 valence electrons. The van der Waals surface area contributed by atoms with Crippen molar-refractivity contribution in [3.63, 3.8) is 0 Å². The molecular formula is C27H32N4O3. The fourth-order valence-corrected chi connectivity index (χ4v) is 4.34. The molecule has 1 aliphatic heterocycles. The van der Waals surface area contributed by atoms with Gasteiger partial charge in [0, 0.05) is 24.2 Å². The van der Waals surface area contributed by atoms with Crippen molar-refractivity contribution in [2.75, 3.05) is 13.7 Å². The van der Waals surface area contributed by atoms with Crippen LogP contribution in [0, 0.1) is 5.92 Å². The van der Waals surface area contributed by atoms with E-state index in [-0.39, 0.29) is 18.4 Å². The molecule has 7 heteroatoms. The van der Waals surface area contributed by atoms with Crippen molar-refractivity contribution in [2.24, 2.45) is 5.92 Å². The van der Waals surface area contributed by atoms with Gasteiger partial charge in [-0.2, -0.15) is 5.10 Å². The maximum atomic E-state index is 13.6. The SMILES string of the molecule is COc1ccccc1CNC(=O)[C@]1(C)Cn2nc(-c3ccccc3)cc2C(=O)N1CCC(C)C. The minimum Gasteiger partial charge on any atom is -0.496 e. The first-order chi connectivity index (χ1) is 16.3. The van der Waals surface area contributed by atoms with Gasteiger partial charge in [-0.15, -0.1) is 0 Å². The van der Waals surface area contributed by atoms with E-state index in [9.17, 15) is 9.59 Å². The van der Waals surface area contributed by atoms with Crippen LogP contribution in [0.3, 0.4) is 0 Å². The third-order valence-corrected chi connectivity index (χ3v) is 6.42. The van der Waals surface area contributed by atoms with Gasteiger partial charge < -0.3 is 15.0 Å². The number of methoxy groups -OCH3 is 1. The number of fused-ring (bicyclic) bond motifs is 1. The van der Waals surface area contributed by atoms with Crippen LogP contribution >= 0.6 is 0 Å². The Morgan fingerprint density at radius 2 is 1.85 bits per heavy atom. The van der Waals surface area contributed by atoms with Crippen LogP contribution in [-0.2, 0) is 17.9 Å². The Kier molecular flexibility index (Phi) is 6.72. The molecule has 7 nitrogen and oxygen atoms in total. The zero-order valence-electron chi connectivity index (χ0n) is 20.2. The van der Waals surface area contributed by atoms with Crippen molar-refractivity contribution in [2.45, 2.75) is 45.8 Å². The molecule has 1 aromatic heterocycles. The van der Waals surface area contributed by atoms with Gasteiger partial charge in [-0.05, 0) is 31.4 Å². The number of rotatable bonds is 8. The summed E-state index contributed by atoms with van der Waals surface area (Å²) < 4.78 is 7.09. The smallest absolute Gasteiger partial charge is 0.273 e. The molecule has 34 heavy (non-hydrogen) atoms. The zero-order valence-corrected chi connectivity index (χ0v) is 20.2. The first-order valence-electron chi connectivity index (χ1n) is 11.7. The van der Waals surface area contributed by atoms with E-state index < -0.39 is 5.54 Å². The van der Waals surface area contributed by atoms with Crippen LogP contribution in [-0.4, -0.2) is 45.7 Å². The van der Waals surface area contributed by atoms with Crippen molar-refractivity contribution in [3.05, 3.63) is 71.9 Å². The third-order valence-electron chi connectivity index (χ3n) is 6.42. The highest BCUT2D eigenvalue weighted by molar-refractivity contribution is 6.00. The van der Waals surface area contributed by atoms with Gasteiger partial charge in [0.25, 0.3) is 5.91 Å². The Hall–Kier alpha value is -3.61. The molecule has 0 fully saturated rings. The number of aromatic nitrogens is 2. The second-order valence-corrected chi connectivity index (χ2v) is 9.35. The fraction of sp³-hybridized carbons (Fsp3) is 0.370. The van der Waals surface area contributed by atoms with Crippen molar-refractivity contribution in [1.82, 2.24) is 20.0 Å². The van der Waals surface area contributed by atoms with Crippen molar-refractivity contribution in [3.8, 4) is 17.0 Å². The van der Waals surface area contributed by atoms with E-state index >= 15 is 0 Å². The Morgan fingerprint density at radius 3 is 2.56 bits per heavy atom. The molecule has 0 saturated carbocycles. The molecule has 4 rings (SSSR count). The molecule has 1 aliphatic rings. The summed E-state index contributed by atoms with van der Waals surface area (Å²) in [5.41, 5.74) is 1.99. The number of carbonyl (C=O) groups is 2. The van der Waals surface area contributed by atoms with Crippen LogP contribution in [0.25, 0.3) is 11.3 Å². The Balaban J connectivity index is 1.64. The summed E-state index contributed by atoms with van der Waals surface area (Å²) in [6.07, 6.45) is 0.806. The fourth-order valence-electron chi connectivity index (χ4n) is 4.34. The summed E-state index contributed by atoms with van der Waals surface area (Å²) in [6.45, 7) is 7.16. The van der Waals surface area contributed by atoms with Gasteiger partial charge >= 0.3 is 0 Å². The van der Waals surface area contributed by atoms with Gasteiger partial charge in [0.1, 0.15) is 17.0 Å². The van der Waals surface area contributed by atoms with E-state index in [1.165, 1.54) is 0 Å². The maximum absolute atomic E-state index is 13.6. The third kappa shape index (κ3) is 4.55. The van der Waals surface area contributed by atoms with Crippen LogP contribution in [0.15, 0.2) is 60.7 Å². The molecule has 3 aromatic rings. The number of nitrogens with one attached hydrogen (secondary N) is 1. The second-order valence-electron chi connectivity index (χ2n) is 9.35. The molecule has 0 unspecified atom stereocenters. The Morgan fingerprint density at radius 1 is 1.15 bits per heavy atom. The summed E-state index contributed by atoms with van der Waals surface area (Å²) in [5.74, 6) is 0.737. The lowest BCUT2D eigenvalue weighted by Crippen LogP contribution is -2.64. The van der Waals surface area contributed by atoms with Gasteiger partial charge in [-0.3, -0.25) is 14.3 Å². The molecule has 0 saturated heterocycles. The molecule has 0 aliphatic carbocycles. The minimum absolute atomic E-state index is 0.170. The van der Waals surface area contributed by atoms with Crippen molar-refractivity contribution < 1.29 is 14.3 Å². The van der Waals surface area contributed by atoms with Crippen molar-refractivity contribution >= 4 is 11.8 Å². The zero-order chi connectivity index (χ0) is 24.3. The number of hydrogen-bond acceptors (Lipinski definition) is 4. The van der Waals surface area contributed by atoms with E-state index in [0.29, 0.717) is 30.5 Å². The second kappa shape index (κ2) is 9.71. The lowest BCUT2D eigenvalue weighted by molar-refractivity contribution is -0.133. The van der Waals surface area contributed by atoms with Crippen LogP contribution < -0.4 is 10.1 Å². The topological polar surface area (TPSA) is 76.5 Å². The van der Waals surface area contributed by atoms with E-state index in [1.807, 2.05) is 67.6 Å². The van der Waals surface area contributed by atoms with Crippen LogP contribution in [0.4, 0.5) is 0 Å². The van der Waals surface area contributed by atoms with Crippen LogP contribution in [0.2, 0.25) is 0 Å². The molecule has 0 bridgehead atoms. The van der Waals surface area contributed by atoms with Crippen molar-refractivity contribution in [1.29, 1.82) is 0 Å². The molecule has 0 spiro atoms. The van der Waals surface area contributed by atoms with E-state index in [1.54, 1.807) is 16.7 Å². The van der Waals surface area contributed by atoms with E-state index in [0.717, 1.165) is 23.2 Å². The first-order valence-corrected chi connectivity index (χ1v) is 11.7. The molecule has 2 heterocycles. The lowest BCUT2D eigenvalue weighted by atomic mass is 9.93. The number of ether oxygens (including phenoxy) is 1. The molecule has 2 amide bonds. The summed E-state index contributed by atoms with van der Waals surface area (Å²) in [5, 5.41) is 7.73.